The third kappa shape index (κ3) is 3.52. The van der Waals surface area contributed by atoms with Crippen LogP contribution < -0.4 is 5.32 Å². The number of rotatable bonds is 4. The van der Waals surface area contributed by atoms with E-state index in [1.54, 1.807) is 48.5 Å². The minimum absolute atomic E-state index is 0.351. The molecule has 0 bridgehead atoms. The van der Waals surface area contributed by atoms with Crippen molar-refractivity contribution in [3.63, 3.8) is 0 Å². The molecule has 3 rings (SSSR count). The number of carbonyl (C=O) groups is 1. The molecule has 3 aromatic rings. The van der Waals surface area contributed by atoms with Crippen LogP contribution in [0.1, 0.15) is 0 Å². The predicted octanol–water partition coefficient (Wildman–Crippen LogP) is 2.89. The molecule has 0 spiro atoms. The largest absolute Gasteiger partial charge is 0.428 e. The molecule has 1 aromatic heterocycles. The van der Waals surface area contributed by atoms with Gasteiger partial charge >= 0.3 is 5.22 Å². The summed E-state index contributed by atoms with van der Waals surface area (Å²) in [5.74, 6) is -1.45. The van der Waals surface area contributed by atoms with Crippen molar-refractivity contribution in [1.82, 2.24) is 4.98 Å². The van der Waals surface area contributed by atoms with Crippen molar-refractivity contribution in [2.24, 2.45) is 0 Å². The molecule has 2 aromatic carbocycles. The van der Waals surface area contributed by atoms with E-state index in [-0.39, 0.29) is 0 Å². The molecule has 118 valence electrons. The van der Waals surface area contributed by atoms with E-state index in [4.69, 9.17) is 16.0 Å². The Labute approximate surface area is 137 Å². The number of anilines is 1. The van der Waals surface area contributed by atoms with E-state index in [0.29, 0.717) is 21.8 Å². The zero-order chi connectivity index (χ0) is 16.4. The Hall–Kier alpha value is -2.38. The first-order chi connectivity index (χ1) is 10.9. The van der Waals surface area contributed by atoms with Gasteiger partial charge in [0.1, 0.15) is 11.3 Å². The van der Waals surface area contributed by atoms with Crippen LogP contribution in [0.3, 0.4) is 0 Å². The van der Waals surface area contributed by atoms with E-state index < -0.39 is 26.7 Å². The number of nitrogens with one attached hydrogen (secondary N) is 1. The number of benzene rings is 2. The van der Waals surface area contributed by atoms with Crippen LogP contribution in [0.2, 0.25) is 5.02 Å². The Morgan fingerprint density at radius 3 is 2.52 bits per heavy atom. The van der Waals surface area contributed by atoms with Crippen LogP contribution >= 0.6 is 11.6 Å². The molecular formula is C15H11ClN2O4S. The smallest absolute Gasteiger partial charge is 0.316 e. The van der Waals surface area contributed by atoms with E-state index in [9.17, 15) is 13.2 Å². The topological polar surface area (TPSA) is 89.3 Å². The van der Waals surface area contributed by atoms with Crippen LogP contribution in [-0.2, 0) is 14.6 Å². The summed E-state index contributed by atoms with van der Waals surface area (Å²) in [5.41, 5.74) is 1.22. The summed E-state index contributed by atoms with van der Waals surface area (Å²) in [6.45, 7) is 0. The third-order valence-corrected chi connectivity index (χ3v) is 4.59. The van der Waals surface area contributed by atoms with Crippen molar-refractivity contribution in [1.29, 1.82) is 0 Å². The molecule has 0 radical (unpaired) electrons. The number of sulfone groups is 1. The highest BCUT2D eigenvalue weighted by molar-refractivity contribution is 7.91. The highest BCUT2D eigenvalue weighted by atomic mass is 35.5. The van der Waals surface area contributed by atoms with E-state index in [1.165, 1.54) is 0 Å². The molecule has 0 atom stereocenters. The fourth-order valence-corrected chi connectivity index (χ4v) is 3.07. The first-order valence-corrected chi connectivity index (χ1v) is 8.61. The molecule has 1 amide bonds. The quantitative estimate of drug-likeness (QED) is 0.781. The lowest BCUT2D eigenvalue weighted by molar-refractivity contribution is -0.113. The van der Waals surface area contributed by atoms with Gasteiger partial charge in [-0.05, 0) is 36.4 Å². The predicted molar refractivity (Wildman–Crippen MR) is 86.1 cm³/mol. The summed E-state index contributed by atoms with van der Waals surface area (Å²) in [6.07, 6.45) is 0. The molecule has 0 saturated carbocycles. The molecule has 0 fully saturated rings. The van der Waals surface area contributed by atoms with Crippen molar-refractivity contribution < 1.29 is 17.6 Å². The molecule has 0 unspecified atom stereocenters. The normalized spacial score (nSPS) is 11.5. The number of hydrogen-bond acceptors (Lipinski definition) is 5. The Kier molecular flexibility index (Phi) is 4.06. The van der Waals surface area contributed by atoms with Crippen molar-refractivity contribution in [2.45, 2.75) is 5.22 Å². The van der Waals surface area contributed by atoms with Crippen LogP contribution in [-0.4, -0.2) is 25.1 Å². The molecular weight excluding hydrogens is 340 g/mol. The van der Waals surface area contributed by atoms with Gasteiger partial charge in [-0.25, -0.2) is 8.42 Å². The Bertz CT molecular complexity index is 932. The molecule has 0 saturated heterocycles. The Balaban J connectivity index is 1.77. The van der Waals surface area contributed by atoms with Crippen LogP contribution in [0, 0.1) is 0 Å². The van der Waals surface area contributed by atoms with E-state index in [1.807, 2.05) is 0 Å². The number of nitrogens with zero attached hydrogens (tertiary/aromatic N) is 1. The van der Waals surface area contributed by atoms with Crippen LogP contribution in [0.15, 0.2) is 58.2 Å². The van der Waals surface area contributed by atoms with Crippen LogP contribution in [0.4, 0.5) is 5.69 Å². The zero-order valence-electron chi connectivity index (χ0n) is 11.7. The van der Waals surface area contributed by atoms with Gasteiger partial charge < -0.3 is 9.73 Å². The highest BCUT2D eigenvalue weighted by Crippen LogP contribution is 2.19. The summed E-state index contributed by atoms with van der Waals surface area (Å²) >= 11 is 5.74. The molecule has 0 aliphatic heterocycles. The number of para-hydroxylation sites is 2. The van der Waals surface area contributed by atoms with Gasteiger partial charge in [0, 0.05) is 10.7 Å². The van der Waals surface area contributed by atoms with Crippen molar-refractivity contribution in [3.8, 4) is 0 Å². The maximum Gasteiger partial charge on any atom is 0.316 e. The second-order valence-corrected chi connectivity index (χ2v) is 7.07. The molecule has 1 heterocycles. The molecule has 1 N–H and O–H groups in total. The van der Waals surface area contributed by atoms with Crippen LogP contribution in [0.25, 0.3) is 11.1 Å². The zero-order valence-corrected chi connectivity index (χ0v) is 13.3. The number of oxazole rings is 1. The summed E-state index contributed by atoms with van der Waals surface area (Å²) in [4.78, 5) is 15.8. The standard InChI is InChI=1S/C15H11ClN2O4S/c16-10-5-7-11(8-6-10)17-14(19)9-23(20,21)15-18-12-3-1-2-4-13(12)22-15/h1-8H,9H2,(H,17,19). The molecule has 0 aliphatic carbocycles. The lowest BCUT2D eigenvalue weighted by Gasteiger charge is -2.04. The highest BCUT2D eigenvalue weighted by Gasteiger charge is 2.25. The average molecular weight is 351 g/mol. The monoisotopic (exact) mass is 350 g/mol. The van der Waals surface area contributed by atoms with Gasteiger partial charge in [-0.3, -0.25) is 4.79 Å². The molecule has 8 heteroatoms. The molecule has 23 heavy (non-hydrogen) atoms. The van der Waals surface area contributed by atoms with Crippen molar-refractivity contribution in [2.75, 3.05) is 11.1 Å². The van der Waals surface area contributed by atoms with E-state index in [2.05, 4.69) is 10.3 Å². The summed E-state index contributed by atoms with van der Waals surface area (Å²) in [7, 11) is -3.97. The first kappa shape index (κ1) is 15.5. The molecule has 6 nitrogen and oxygen atoms in total. The van der Waals surface area contributed by atoms with Gasteiger partial charge in [-0.2, -0.15) is 4.98 Å². The van der Waals surface area contributed by atoms with E-state index >= 15 is 0 Å². The van der Waals surface area contributed by atoms with Gasteiger partial charge in [-0.15, -0.1) is 0 Å². The maximum atomic E-state index is 12.2. The number of fused-ring (bicyclic) bond motifs is 1. The van der Waals surface area contributed by atoms with E-state index in [0.717, 1.165) is 0 Å². The van der Waals surface area contributed by atoms with Crippen LogP contribution in [0.5, 0.6) is 0 Å². The average Bonchev–Trinajstić information content (AvgIpc) is 2.94. The SMILES string of the molecule is O=C(CS(=O)(=O)c1nc2ccccc2o1)Nc1ccc(Cl)cc1. The Morgan fingerprint density at radius 2 is 1.83 bits per heavy atom. The summed E-state index contributed by atoms with van der Waals surface area (Å²) in [5, 5.41) is 2.53. The number of amides is 1. The van der Waals surface area contributed by atoms with Gasteiger partial charge in [-0.1, -0.05) is 23.7 Å². The first-order valence-electron chi connectivity index (χ1n) is 6.58. The number of aromatic nitrogens is 1. The number of carbonyl (C=O) groups excluding carboxylic acids is 1. The fourth-order valence-electron chi connectivity index (χ4n) is 1.95. The maximum absolute atomic E-state index is 12.2. The van der Waals surface area contributed by atoms with Crippen molar-refractivity contribution in [3.05, 3.63) is 53.6 Å². The summed E-state index contributed by atoms with van der Waals surface area (Å²) in [6, 6.07) is 13.0. The van der Waals surface area contributed by atoms with Gasteiger partial charge in [0.15, 0.2) is 5.58 Å². The summed E-state index contributed by atoms with van der Waals surface area (Å²) < 4.78 is 29.6. The second kappa shape index (κ2) is 6.02. The van der Waals surface area contributed by atoms with Gasteiger partial charge in [0.2, 0.25) is 15.7 Å². The van der Waals surface area contributed by atoms with Crippen molar-refractivity contribution >= 4 is 44.1 Å². The lowest BCUT2D eigenvalue weighted by Crippen LogP contribution is -2.23. The minimum atomic E-state index is -3.97. The van der Waals surface area contributed by atoms with Gasteiger partial charge in [0.05, 0.1) is 0 Å². The lowest BCUT2D eigenvalue weighted by atomic mass is 10.3. The Morgan fingerprint density at radius 1 is 1.13 bits per heavy atom. The second-order valence-electron chi connectivity index (χ2n) is 4.76. The number of halogens is 1. The fraction of sp³-hybridized carbons (Fsp3) is 0.0667. The minimum Gasteiger partial charge on any atom is -0.428 e. The number of hydrogen-bond donors (Lipinski definition) is 1. The third-order valence-electron chi connectivity index (χ3n) is 2.99. The molecule has 0 aliphatic rings. The van der Waals surface area contributed by atoms with Gasteiger partial charge in [0.25, 0.3) is 0 Å².